The molecular weight excluding hydrogens is 440 g/mol. The van der Waals surface area contributed by atoms with E-state index in [1.807, 2.05) is 31.4 Å². The van der Waals surface area contributed by atoms with Crippen molar-refractivity contribution in [3.8, 4) is 11.5 Å². The number of nitrogens with zero attached hydrogens (tertiary/aromatic N) is 1. The Bertz CT molecular complexity index is 1230. The predicted octanol–water partition coefficient (Wildman–Crippen LogP) is 5.39. The van der Waals surface area contributed by atoms with Gasteiger partial charge in [0, 0.05) is 36.3 Å². The van der Waals surface area contributed by atoms with E-state index >= 15 is 0 Å². The van der Waals surface area contributed by atoms with Gasteiger partial charge in [-0.15, -0.1) is 0 Å². The number of carbonyl (C=O) groups is 1. The lowest BCUT2D eigenvalue weighted by Gasteiger charge is -2.37. The summed E-state index contributed by atoms with van der Waals surface area (Å²) in [5.41, 5.74) is 6.93. The van der Waals surface area contributed by atoms with Crippen LogP contribution in [0.15, 0.2) is 71.0 Å². The van der Waals surface area contributed by atoms with Crippen LogP contribution in [0.5, 0.6) is 11.5 Å². The van der Waals surface area contributed by atoms with Crippen LogP contribution < -0.4 is 14.8 Å². The van der Waals surface area contributed by atoms with Gasteiger partial charge in [-0.05, 0) is 79.6 Å². The zero-order chi connectivity index (χ0) is 23.8. The molecule has 3 aliphatic heterocycles. The number of piperidine rings is 1. The number of nitrogens with one attached hydrogen (secondary N) is 1. The molecule has 180 valence electrons. The Hall–Kier alpha value is -3.51. The molecule has 6 nitrogen and oxygen atoms in total. The molecule has 1 N–H and O–H groups in total. The number of furan rings is 1. The smallest absolute Gasteiger partial charge is 0.251 e. The lowest BCUT2D eigenvalue weighted by atomic mass is 9.85. The number of amides is 1. The highest BCUT2D eigenvalue weighted by atomic mass is 16.7. The van der Waals surface area contributed by atoms with Gasteiger partial charge in [0.1, 0.15) is 0 Å². The van der Waals surface area contributed by atoms with Crippen LogP contribution in [-0.2, 0) is 6.54 Å². The van der Waals surface area contributed by atoms with Crippen LogP contribution in [0.1, 0.15) is 59.7 Å². The number of benzene rings is 2. The first-order chi connectivity index (χ1) is 17.2. The summed E-state index contributed by atoms with van der Waals surface area (Å²) >= 11 is 0. The van der Waals surface area contributed by atoms with Crippen LogP contribution in [0.3, 0.4) is 0 Å². The molecule has 2 saturated heterocycles. The summed E-state index contributed by atoms with van der Waals surface area (Å²) in [6.07, 6.45) is 8.13. The molecule has 6 rings (SSSR count). The minimum absolute atomic E-state index is 0.0399. The maximum Gasteiger partial charge on any atom is 0.251 e. The molecule has 1 aromatic heterocycles. The van der Waals surface area contributed by atoms with Crippen molar-refractivity contribution in [2.24, 2.45) is 0 Å². The van der Waals surface area contributed by atoms with Crippen molar-refractivity contribution in [2.45, 2.75) is 51.2 Å². The second kappa shape index (κ2) is 9.27. The molecular formula is C29H30N2O4. The van der Waals surface area contributed by atoms with Crippen molar-refractivity contribution in [1.29, 1.82) is 0 Å². The molecule has 6 heteroatoms. The molecule has 0 aliphatic carbocycles. The summed E-state index contributed by atoms with van der Waals surface area (Å²) in [7, 11) is 0. The second-order valence-corrected chi connectivity index (χ2v) is 9.58. The zero-order valence-electron chi connectivity index (χ0n) is 20.0. The minimum atomic E-state index is -0.0399. The Balaban J connectivity index is 1.37. The summed E-state index contributed by atoms with van der Waals surface area (Å²) in [6.45, 7) is 3.76. The van der Waals surface area contributed by atoms with Crippen LogP contribution in [0, 0.1) is 0 Å². The van der Waals surface area contributed by atoms with Gasteiger partial charge in [-0.3, -0.25) is 9.69 Å². The van der Waals surface area contributed by atoms with Gasteiger partial charge in [0.15, 0.2) is 11.5 Å². The Morgan fingerprint density at radius 1 is 0.943 bits per heavy atom. The maximum absolute atomic E-state index is 12.3. The third-order valence-corrected chi connectivity index (χ3v) is 7.47. The summed E-state index contributed by atoms with van der Waals surface area (Å²) in [4.78, 5) is 15.0. The van der Waals surface area contributed by atoms with Gasteiger partial charge in [0.25, 0.3) is 5.91 Å². The average Bonchev–Trinajstić information content (AvgIpc) is 3.60. The number of ether oxygens (including phenoxy) is 2. The van der Waals surface area contributed by atoms with Crippen LogP contribution in [0.2, 0.25) is 0 Å². The topological polar surface area (TPSA) is 63.9 Å². The predicted molar refractivity (Wildman–Crippen MR) is 133 cm³/mol. The standard InChI is InChI=1S/C29H30N2O4/c1-2-30-29(32)21-5-3-20(4-6-21)28(22-7-10-26-27(15-22)35-18-34-26)23-13-24-8-9-25(14-23)31(24)16-19-11-12-33-17-19/h3-7,10-12,15,17,24-25H,2,8-9,13-14,16,18H2,1H3,(H,30,32). The van der Waals surface area contributed by atoms with E-state index in [0.29, 0.717) is 24.2 Å². The molecule has 0 spiro atoms. The molecule has 2 aromatic carbocycles. The largest absolute Gasteiger partial charge is 0.472 e. The third kappa shape index (κ3) is 4.23. The first kappa shape index (κ1) is 22.0. The second-order valence-electron chi connectivity index (χ2n) is 9.58. The van der Waals surface area contributed by atoms with E-state index in [9.17, 15) is 4.79 Å². The first-order valence-corrected chi connectivity index (χ1v) is 12.5. The maximum atomic E-state index is 12.3. The van der Waals surface area contributed by atoms with Crippen LogP contribution in [-0.4, -0.2) is 36.2 Å². The summed E-state index contributed by atoms with van der Waals surface area (Å²) in [5, 5.41) is 2.88. The van der Waals surface area contributed by atoms with Gasteiger partial charge < -0.3 is 19.2 Å². The van der Waals surface area contributed by atoms with Gasteiger partial charge in [-0.1, -0.05) is 23.8 Å². The van der Waals surface area contributed by atoms with E-state index in [-0.39, 0.29) is 12.7 Å². The van der Waals surface area contributed by atoms with Gasteiger partial charge in [0.05, 0.1) is 12.5 Å². The fraction of sp³-hybridized carbons (Fsp3) is 0.345. The molecule has 2 fully saturated rings. The Kier molecular flexibility index (Phi) is 5.82. The molecule has 0 radical (unpaired) electrons. The number of hydrogen-bond donors (Lipinski definition) is 1. The van der Waals surface area contributed by atoms with Gasteiger partial charge in [-0.2, -0.15) is 0 Å². The fourth-order valence-electron chi connectivity index (χ4n) is 5.84. The van der Waals surface area contributed by atoms with Crippen molar-refractivity contribution >= 4 is 11.5 Å². The monoisotopic (exact) mass is 470 g/mol. The number of rotatable bonds is 6. The van der Waals surface area contributed by atoms with E-state index < -0.39 is 0 Å². The highest BCUT2D eigenvalue weighted by molar-refractivity contribution is 5.95. The van der Waals surface area contributed by atoms with E-state index in [0.717, 1.165) is 42.0 Å². The average molecular weight is 471 g/mol. The van der Waals surface area contributed by atoms with Crippen LogP contribution >= 0.6 is 0 Å². The zero-order valence-corrected chi connectivity index (χ0v) is 20.0. The Morgan fingerprint density at radius 3 is 2.37 bits per heavy atom. The molecule has 2 unspecified atom stereocenters. The third-order valence-electron chi connectivity index (χ3n) is 7.47. The van der Waals surface area contributed by atoms with Crippen molar-refractivity contribution in [3.63, 3.8) is 0 Å². The number of hydrogen-bond acceptors (Lipinski definition) is 5. The van der Waals surface area contributed by atoms with Gasteiger partial charge in [0.2, 0.25) is 6.79 Å². The summed E-state index contributed by atoms with van der Waals surface area (Å²) in [6, 6.07) is 17.4. The normalized spacial score (nSPS) is 20.8. The number of carbonyl (C=O) groups excluding carboxylic acids is 1. The van der Waals surface area contributed by atoms with E-state index in [4.69, 9.17) is 13.9 Å². The van der Waals surface area contributed by atoms with Crippen molar-refractivity contribution in [1.82, 2.24) is 10.2 Å². The van der Waals surface area contributed by atoms with Crippen molar-refractivity contribution in [2.75, 3.05) is 13.3 Å². The minimum Gasteiger partial charge on any atom is -0.472 e. The lowest BCUT2D eigenvalue weighted by molar-refractivity contribution is 0.0956. The molecule has 2 atom stereocenters. The highest BCUT2D eigenvalue weighted by Crippen LogP contribution is 2.45. The molecule has 1 amide bonds. The van der Waals surface area contributed by atoms with Crippen molar-refractivity contribution in [3.05, 3.63) is 88.9 Å². The molecule has 35 heavy (non-hydrogen) atoms. The molecule has 3 aromatic rings. The molecule has 3 aliphatic rings. The summed E-state index contributed by atoms with van der Waals surface area (Å²) in [5.74, 6) is 1.54. The van der Waals surface area contributed by atoms with Crippen LogP contribution in [0.4, 0.5) is 0 Å². The number of fused-ring (bicyclic) bond motifs is 3. The first-order valence-electron chi connectivity index (χ1n) is 12.5. The SMILES string of the molecule is CCNC(=O)c1ccc(C(=C2CC3CCC(C2)N3Cc2ccoc2)c2ccc3c(c2)OCO3)cc1. The fourth-order valence-corrected chi connectivity index (χ4v) is 5.84. The van der Waals surface area contributed by atoms with Crippen LogP contribution in [0.25, 0.3) is 5.57 Å². The quantitative estimate of drug-likeness (QED) is 0.524. The van der Waals surface area contributed by atoms with Gasteiger partial charge >= 0.3 is 0 Å². The van der Waals surface area contributed by atoms with E-state index in [1.54, 1.807) is 6.26 Å². The van der Waals surface area contributed by atoms with E-state index in [2.05, 4.69) is 40.5 Å². The molecule has 2 bridgehead atoms. The molecule has 4 heterocycles. The Morgan fingerprint density at radius 2 is 1.66 bits per heavy atom. The Labute approximate surface area is 205 Å². The summed E-state index contributed by atoms with van der Waals surface area (Å²) < 4.78 is 16.6. The highest BCUT2D eigenvalue weighted by Gasteiger charge is 2.39. The van der Waals surface area contributed by atoms with E-state index in [1.165, 1.54) is 29.6 Å². The van der Waals surface area contributed by atoms with Gasteiger partial charge in [-0.25, -0.2) is 0 Å². The van der Waals surface area contributed by atoms with Crippen molar-refractivity contribution < 1.29 is 18.7 Å². The molecule has 0 saturated carbocycles. The lowest BCUT2D eigenvalue weighted by Crippen LogP contribution is -2.40.